The molecule has 0 amide bonds. The second kappa shape index (κ2) is 2.75. The van der Waals surface area contributed by atoms with Gasteiger partial charge in [-0.3, -0.25) is 5.10 Å². The maximum atomic E-state index is 8.66. The first-order valence-corrected chi connectivity index (χ1v) is 4.43. The molecular formula is C8H4IN3. The Kier molecular flexibility index (Phi) is 1.73. The van der Waals surface area contributed by atoms with Crippen molar-refractivity contribution in [3.63, 3.8) is 0 Å². The van der Waals surface area contributed by atoms with Crippen LogP contribution in [0.5, 0.6) is 0 Å². The zero-order valence-electron chi connectivity index (χ0n) is 6.00. The van der Waals surface area contributed by atoms with Crippen LogP contribution in [-0.4, -0.2) is 10.2 Å². The molecule has 1 heterocycles. The highest BCUT2D eigenvalue weighted by molar-refractivity contribution is 14.1. The summed E-state index contributed by atoms with van der Waals surface area (Å²) in [6.07, 6.45) is 0. The van der Waals surface area contributed by atoms with Crippen molar-refractivity contribution in [2.24, 2.45) is 0 Å². The monoisotopic (exact) mass is 269 g/mol. The van der Waals surface area contributed by atoms with Crippen molar-refractivity contribution in [2.75, 3.05) is 0 Å². The summed E-state index contributed by atoms with van der Waals surface area (Å²) in [5.41, 5.74) is 1.37. The third-order valence-corrected chi connectivity index (χ3v) is 2.30. The summed E-state index contributed by atoms with van der Waals surface area (Å²) in [5.74, 6) is 0. The van der Waals surface area contributed by atoms with E-state index in [0.717, 1.165) is 14.5 Å². The lowest BCUT2D eigenvalue weighted by atomic mass is 10.2. The molecular weight excluding hydrogens is 265 g/mol. The Hall–Kier alpha value is -1.09. The van der Waals surface area contributed by atoms with Gasteiger partial charge in [-0.15, -0.1) is 0 Å². The summed E-state index contributed by atoms with van der Waals surface area (Å²) in [6.45, 7) is 0. The van der Waals surface area contributed by atoms with E-state index in [1.165, 1.54) is 0 Å². The van der Waals surface area contributed by atoms with E-state index >= 15 is 0 Å². The molecule has 3 nitrogen and oxygen atoms in total. The van der Waals surface area contributed by atoms with Crippen LogP contribution in [0.25, 0.3) is 10.9 Å². The summed E-state index contributed by atoms with van der Waals surface area (Å²) in [5, 5.41) is 16.2. The van der Waals surface area contributed by atoms with E-state index in [1.807, 2.05) is 24.3 Å². The number of aromatic nitrogens is 2. The number of nitriles is 1. The van der Waals surface area contributed by atoms with Crippen molar-refractivity contribution < 1.29 is 0 Å². The molecule has 0 bridgehead atoms. The molecule has 2 rings (SSSR count). The standard InChI is InChI=1S/C8H4IN3/c9-5-1-2-6-7(3-5)11-12-8(6)4-10/h1-3H,(H,11,12). The fourth-order valence-electron chi connectivity index (χ4n) is 1.08. The molecule has 1 aromatic heterocycles. The molecule has 0 saturated carbocycles. The van der Waals surface area contributed by atoms with E-state index < -0.39 is 0 Å². The largest absolute Gasteiger partial charge is 0.276 e. The van der Waals surface area contributed by atoms with Gasteiger partial charge in [0.2, 0.25) is 0 Å². The number of aromatic amines is 1. The van der Waals surface area contributed by atoms with Gasteiger partial charge in [-0.05, 0) is 40.8 Å². The molecule has 0 unspecified atom stereocenters. The molecule has 12 heavy (non-hydrogen) atoms. The van der Waals surface area contributed by atoms with Crippen LogP contribution in [0.15, 0.2) is 18.2 Å². The van der Waals surface area contributed by atoms with E-state index in [0.29, 0.717) is 5.69 Å². The van der Waals surface area contributed by atoms with E-state index in [1.54, 1.807) is 0 Å². The molecule has 0 fully saturated rings. The second-order valence-corrected chi connectivity index (χ2v) is 3.62. The zero-order valence-corrected chi connectivity index (χ0v) is 8.16. The van der Waals surface area contributed by atoms with Crippen LogP contribution in [-0.2, 0) is 0 Å². The smallest absolute Gasteiger partial charge is 0.170 e. The van der Waals surface area contributed by atoms with Gasteiger partial charge in [0.25, 0.3) is 0 Å². The first-order valence-electron chi connectivity index (χ1n) is 3.35. The Balaban J connectivity index is 2.84. The lowest BCUT2D eigenvalue weighted by Gasteiger charge is -1.88. The predicted molar refractivity (Wildman–Crippen MR) is 53.5 cm³/mol. The minimum absolute atomic E-state index is 0.460. The van der Waals surface area contributed by atoms with Gasteiger partial charge in [0.15, 0.2) is 5.69 Å². The van der Waals surface area contributed by atoms with Gasteiger partial charge in [-0.2, -0.15) is 10.4 Å². The topological polar surface area (TPSA) is 52.5 Å². The SMILES string of the molecule is N#Cc1n[nH]c2cc(I)ccc12. The van der Waals surface area contributed by atoms with Crippen LogP contribution in [0.2, 0.25) is 0 Å². The molecule has 0 radical (unpaired) electrons. The van der Waals surface area contributed by atoms with Gasteiger partial charge in [0, 0.05) is 8.96 Å². The number of halogens is 1. The Labute approximate surface area is 82.5 Å². The molecule has 0 aliphatic carbocycles. The summed E-state index contributed by atoms with van der Waals surface area (Å²) in [6, 6.07) is 7.85. The van der Waals surface area contributed by atoms with Gasteiger partial charge >= 0.3 is 0 Å². The molecule has 0 spiro atoms. The molecule has 0 atom stereocenters. The van der Waals surface area contributed by atoms with Crippen LogP contribution in [0.3, 0.4) is 0 Å². The molecule has 2 aromatic rings. The third kappa shape index (κ3) is 1.06. The number of rotatable bonds is 0. The molecule has 0 aliphatic heterocycles. The Morgan fingerprint density at radius 2 is 2.33 bits per heavy atom. The molecule has 1 N–H and O–H groups in total. The first kappa shape index (κ1) is 7.55. The van der Waals surface area contributed by atoms with Crippen molar-refractivity contribution in [3.8, 4) is 6.07 Å². The van der Waals surface area contributed by atoms with E-state index in [-0.39, 0.29) is 0 Å². The predicted octanol–water partition coefficient (Wildman–Crippen LogP) is 2.04. The molecule has 0 saturated heterocycles. The number of hydrogen-bond acceptors (Lipinski definition) is 2. The lowest BCUT2D eigenvalue weighted by molar-refractivity contribution is 1.10. The highest BCUT2D eigenvalue weighted by atomic mass is 127. The number of fused-ring (bicyclic) bond motifs is 1. The minimum atomic E-state index is 0.460. The van der Waals surface area contributed by atoms with Gasteiger partial charge in [-0.25, -0.2) is 0 Å². The highest BCUT2D eigenvalue weighted by Gasteiger charge is 2.03. The van der Waals surface area contributed by atoms with E-state index in [9.17, 15) is 0 Å². The number of H-pyrrole nitrogens is 1. The number of benzene rings is 1. The van der Waals surface area contributed by atoms with Crippen LogP contribution in [0.4, 0.5) is 0 Å². The molecule has 1 aromatic carbocycles. The summed E-state index contributed by atoms with van der Waals surface area (Å²) >= 11 is 2.22. The van der Waals surface area contributed by atoms with Crippen LogP contribution >= 0.6 is 22.6 Å². The fraction of sp³-hybridized carbons (Fsp3) is 0. The molecule has 58 valence electrons. The lowest BCUT2D eigenvalue weighted by Crippen LogP contribution is -1.72. The molecule has 4 heteroatoms. The van der Waals surface area contributed by atoms with E-state index in [4.69, 9.17) is 5.26 Å². The number of nitrogens with zero attached hydrogens (tertiary/aromatic N) is 2. The third-order valence-electron chi connectivity index (χ3n) is 1.63. The first-order chi connectivity index (χ1) is 5.81. The Morgan fingerprint density at radius 1 is 1.50 bits per heavy atom. The average Bonchev–Trinajstić information content (AvgIpc) is 2.46. The van der Waals surface area contributed by atoms with Crippen LogP contribution in [0, 0.1) is 14.9 Å². The van der Waals surface area contributed by atoms with Crippen LogP contribution in [0.1, 0.15) is 5.69 Å². The van der Waals surface area contributed by atoms with Gasteiger partial charge in [-0.1, -0.05) is 0 Å². The van der Waals surface area contributed by atoms with Crippen molar-refractivity contribution in [3.05, 3.63) is 27.5 Å². The summed E-state index contributed by atoms with van der Waals surface area (Å²) in [7, 11) is 0. The van der Waals surface area contributed by atoms with Crippen molar-refractivity contribution in [1.29, 1.82) is 5.26 Å². The zero-order chi connectivity index (χ0) is 8.55. The summed E-state index contributed by atoms with van der Waals surface area (Å²) in [4.78, 5) is 0. The Bertz CT molecular complexity index is 467. The summed E-state index contributed by atoms with van der Waals surface area (Å²) < 4.78 is 1.13. The highest BCUT2D eigenvalue weighted by Crippen LogP contribution is 2.17. The quantitative estimate of drug-likeness (QED) is 0.744. The maximum absolute atomic E-state index is 8.66. The van der Waals surface area contributed by atoms with Gasteiger partial charge in [0.05, 0.1) is 5.52 Å². The van der Waals surface area contributed by atoms with Gasteiger partial charge in [0.1, 0.15) is 6.07 Å². The van der Waals surface area contributed by atoms with Gasteiger partial charge < -0.3 is 0 Å². The van der Waals surface area contributed by atoms with Crippen molar-refractivity contribution >= 4 is 33.5 Å². The number of hydrogen-bond donors (Lipinski definition) is 1. The van der Waals surface area contributed by atoms with Crippen molar-refractivity contribution in [1.82, 2.24) is 10.2 Å². The van der Waals surface area contributed by atoms with E-state index in [2.05, 4.69) is 32.8 Å². The molecule has 0 aliphatic rings. The van der Waals surface area contributed by atoms with Crippen LogP contribution < -0.4 is 0 Å². The Morgan fingerprint density at radius 3 is 3.08 bits per heavy atom. The number of nitrogens with one attached hydrogen (secondary N) is 1. The fourth-order valence-corrected chi connectivity index (χ4v) is 1.57. The second-order valence-electron chi connectivity index (χ2n) is 2.37. The van der Waals surface area contributed by atoms with Crippen molar-refractivity contribution in [2.45, 2.75) is 0 Å². The maximum Gasteiger partial charge on any atom is 0.170 e. The average molecular weight is 269 g/mol. The normalized spacial score (nSPS) is 10.0. The minimum Gasteiger partial charge on any atom is -0.276 e.